The van der Waals surface area contributed by atoms with Crippen molar-refractivity contribution in [2.75, 3.05) is 6.61 Å². The van der Waals surface area contributed by atoms with E-state index >= 15 is 4.39 Å². The minimum atomic E-state index is -1.66. The molecule has 3 aliphatic carbocycles. The van der Waals surface area contributed by atoms with Crippen molar-refractivity contribution < 1.29 is 17.9 Å². The van der Waals surface area contributed by atoms with E-state index < -0.39 is 30.5 Å². The van der Waals surface area contributed by atoms with Gasteiger partial charge in [-0.2, -0.15) is 0 Å². The molecule has 3 saturated carbocycles. The molecule has 1 nitrogen and oxygen atoms in total. The van der Waals surface area contributed by atoms with Crippen molar-refractivity contribution in [3.63, 3.8) is 0 Å². The molecule has 0 aromatic rings. The first-order chi connectivity index (χ1) is 12.6. The Hall–Kier alpha value is -0.250. The fourth-order valence-electron chi connectivity index (χ4n) is 6.12. The van der Waals surface area contributed by atoms with Gasteiger partial charge in [-0.05, 0) is 62.7 Å². The van der Waals surface area contributed by atoms with Crippen LogP contribution in [0.25, 0.3) is 0 Å². The molecule has 0 radical (unpaired) electrons. The van der Waals surface area contributed by atoms with Crippen molar-refractivity contribution in [3.8, 4) is 0 Å². The number of alkyl halides is 3. The minimum absolute atomic E-state index is 0.00785. The Morgan fingerprint density at radius 2 is 1.50 bits per heavy atom. The summed E-state index contributed by atoms with van der Waals surface area (Å²) in [6.45, 7) is 4.48. The molecule has 0 saturated heterocycles. The summed E-state index contributed by atoms with van der Waals surface area (Å²) in [7, 11) is 0. The summed E-state index contributed by atoms with van der Waals surface area (Å²) in [4.78, 5) is 0. The molecule has 26 heavy (non-hydrogen) atoms. The standard InChI is InChI=1S/C22H37F3O/c1-3-5-6-14-7-9-15(10-8-14)17-13-16-11-12-18(26-4-2)21(24)19(16)22(25)20(17)23/h14-22H,3-13H2,1-2H3. The second-order valence-electron chi connectivity index (χ2n) is 9.06. The number of rotatable bonds is 6. The molecule has 3 rings (SSSR count). The molecule has 0 aliphatic heterocycles. The van der Waals surface area contributed by atoms with Crippen LogP contribution in [0.3, 0.4) is 0 Å². The summed E-state index contributed by atoms with van der Waals surface area (Å²) in [6, 6.07) is 0. The van der Waals surface area contributed by atoms with Gasteiger partial charge < -0.3 is 4.74 Å². The van der Waals surface area contributed by atoms with Gasteiger partial charge >= 0.3 is 0 Å². The van der Waals surface area contributed by atoms with Crippen LogP contribution in [0.15, 0.2) is 0 Å². The van der Waals surface area contributed by atoms with E-state index in [0.29, 0.717) is 25.4 Å². The summed E-state index contributed by atoms with van der Waals surface area (Å²) < 4.78 is 50.2. The molecule has 0 heterocycles. The topological polar surface area (TPSA) is 9.23 Å². The number of ether oxygens (including phenoxy) is 1. The number of fused-ring (bicyclic) bond motifs is 1. The van der Waals surface area contributed by atoms with Gasteiger partial charge in [0.05, 0.1) is 6.10 Å². The molecular weight excluding hydrogens is 337 g/mol. The molecule has 0 aromatic heterocycles. The van der Waals surface area contributed by atoms with E-state index in [2.05, 4.69) is 6.92 Å². The van der Waals surface area contributed by atoms with Gasteiger partial charge in [-0.25, -0.2) is 13.2 Å². The average Bonchev–Trinajstić information content (AvgIpc) is 2.65. The van der Waals surface area contributed by atoms with Crippen LogP contribution in [-0.4, -0.2) is 31.2 Å². The van der Waals surface area contributed by atoms with Crippen molar-refractivity contribution in [1.29, 1.82) is 0 Å². The maximum absolute atomic E-state index is 15.0. The molecule has 0 spiro atoms. The van der Waals surface area contributed by atoms with E-state index in [-0.39, 0.29) is 11.8 Å². The molecule has 3 aliphatic rings. The van der Waals surface area contributed by atoms with E-state index in [1.165, 1.54) is 19.3 Å². The van der Waals surface area contributed by atoms with Crippen molar-refractivity contribution in [2.24, 2.45) is 29.6 Å². The second kappa shape index (κ2) is 9.30. The lowest BCUT2D eigenvalue weighted by Crippen LogP contribution is -2.54. The van der Waals surface area contributed by atoms with E-state index in [4.69, 9.17) is 4.74 Å². The third kappa shape index (κ3) is 4.25. The summed E-state index contributed by atoms with van der Waals surface area (Å²) in [5.74, 6) is 0.0663. The zero-order chi connectivity index (χ0) is 18.7. The van der Waals surface area contributed by atoms with Crippen LogP contribution in [0.5, 0.6) is 0 Å². The third-order valence-corrected chi connectivity index (χ3v) is 7.59. The Labute approximate surface area is 157 Å². The SMILES string of the molecule is CCCCC1CCC(C2CC3CCC(OCC)C(F)C3C(F)C2F)CC1. The molecule has 0 bridgehead atoms. The van der Waals surface area contributed by atoms with Gasteiger partial charge in [-0.1, -0.05) is 39.0 Å². The largest absolute Gasteiger partial charge is 0.375 e. The monoisotopic (exact) mass is 374 g/mol. The molecule has 7 atom stereocenters. The lowest BCUT2D eigenvalue weighted by Gasteiger charge is -2.49. The highest BCUT2D eigenvalue weighted by Gasteiger charge is 2.54. The second-order valence-corrected chi connectivity index (χ2v) is 9.06. The van der Waals surface area contributed by atoms with Crippen LogP contribution >= 0.6 is 0 Å². The highest BCUT2D eigenvalue weighted by Crippen LogP contribution is 2.51. The minimum Gasteiger partial charge on any atom is -0.375 e. The van der Waals surface area contributed by atoms with Crippen LogP contribution in [-0.2, 0) is 4.74 Å². The van der Waals surface area contributed by atoms with Gasteiger partial charge in [0.25, 0.3) is 0 Å². The zero-order valence-corrected chi connectivity index (χ0v) is 16.5. The fraction of sp³-hybridized carbons (Fsp3) is 1.00. The molecule has 3 fully saturated rings. The van der Waals surface area contributed by atoms with Gasteiger partial charge in [-0.3, -0.25) is 0 Å². The van der Waals surface area contributed by atoms with Crippen molar-refractivity contribution >= 4 is 0 Å². The van der Waals surface area contributed by atoms with Crippen molar-refractivity contribution in [3.05, 3.63) is 0 Å². The normalized spacial score (nSPS) is 46.7. The lowest BCUT2D eigenvalue weighted by atomic mass is 9.60. The van der Waals surface area contributed by atoms with Crippen molar-refractivity contribution in [2.45, 2.75) is 103 Å². The van der Waals surface area contributed by atoms with E-state index in [1.54, 1.807) is 0 Å². The van der Waals surface area contributed by atoms with Crippen LogP contribution in [0.4, 0.5) is 13.2 Å². The highest BCUT2D eigenvalue weighted by atomic mass is 19.2. The first-order valence-electron chi connectivity index (χ1n) is 11.1. The quantitative estimate of drug-likeness (QED) is 0.519. The maximum atomic E-state index is 15.0. The van der Waals surface area contributed by atoms with E-state index in [0.717, 1.165) is 38.0 Å². The molecule has 0 N–H and O–H groups in total. The van der Waals surface area contributed by atoms with Crippen LogP contribution in [0.2, 0.25) is 0 Å². The van der Waals surface area contributed by atoms with Gasteiger partial charge in [-0.15, -0.1) is 0 Å². The summed E-state index contributed by atoms with van der Waals surface area (Å²) >= 11 is 0. The first-order valence-corrected chi connectivity index (χ1v) is 11.1. The fourth-order valence-corrected chi connectivity index (χ4v) is 6.12. The summed E-state index contributed by atoms with van der Waals surface area (Å²) in [5, 5.41) is 0. The van der Waals surface area contributed by atoms with Gasteiger partial charge in [0, 0.05) is 12.5 Å². The van der Waals surface area contributed by atoms with E-state index in [9.17, 15) is 8.78 Å². The Morgan fingerprint density at radius 1 is 0.808 bits per heavy atom. The van der Waals surface area contributed by atoms with Crippen LogP contribution in [0, 0.1) is 29.6 Å². The van der Waals surface area contributed by atoms with Gasteiger partial charge in [0.2, 0.25) is 0 Å². The highest BCUT2D eigenvalue weighted by molar-refractivity contribution is 5.02. The molecule has 152 valence electrons. The maximum Gasteiger partial charge on any atom is 0.137 e. The smallest absolute Gasteiger partial charge is 0.137 e. The number of unbranched alkanes of at least 4 members (excludes halogenated alkanes) is 1. The third-order valence-electron chi connectivity index (χ3n) is 7.59. The zero-order valence-electron chi connectivity index (χ0n) is 16.5. The Kier molecular flexibility index (Phi) is 7.32. The Bertz CT molecular complexity index is 422. The predicted molar refractivity (Wildman–Crippen MR) is 99.4 cm³/mol. The predicted octanol–water partition coefficient (Wildman–Crippen LogP) is 6.45. The van der Waals surface area contributed by atoms with Gasteiger partial charge in [0.15, 0.2) is 0 Å². The Balaban J connectivity index is 1.59. The molecule has 7 unspecified atom stereocenters. The van der Waals surface area contributed by atoms with Gasteiger partial charge in [0.1, 0.15) is 18.5 Å². The molecule has 4 heteroatoms. The number of hydrogen-bond acceptors (Lipinski definition) is 1. The number of hydrogen-bond donors (Lipinski definition) is 0. The summed E-state index contributed by atoms with van der Waals surface area (Å²) in [5.41, 5.74) is 0. The molecule has 0 amide bonds. The lowest BCUT2D eigenvalue weighted by molar-refractivity contribution is -0.130. The average molecular weight is 375 g/mol. The molecular formula is C22H37F3O. The summed E-state index contributed by atoms with van der Waals surface area (Å²) in [6.07, 6.45) is 5.24. The Morgan fingerprint density at radius 3 is 2.15 bits per heavy atom. The first kappa shape index (κ1) is 20.5. The van der Waals surface area contributed by atoms with Crippen LogP contribution < -0.4 is 0 Å². The van der Waals surface area contributed by atoms with Crippen molar-refractivity contribution in [1.82, 2.24) is 0 Å². The number of halogens is 3. The van der Waals surface area contributed by atoms with E-state index in [1.807, 2.05) is 6.92 Å². The van der Waals surface area contributed by atoms with Crippen LogP contribution in [0.1, 0.15) is 78.1 Å². The molecule has 0 aromatic carbocycles.